The van der Waals surface area contributed by atoms with Gasteiger partial charge in [0, 0.05) is 23.5 Å². The number of halogens is 1. The fourth-order valence-corrected chi connectivity index (χ4v) is 7.42. The van der Waals surface area contributed by atoms with Crippen molar-refractivity contribution in [2.75, 3.05) is 44.9 Å². The zero-order valence-corrected chi connectivity index (χ0v) is 20.2. The molecule has 1 aromatic rings. The topological polar surface area (TPSA) is 83.0 Å². The lowest BCUT2D eigenvalue weighted by atomic mass is 9.73. The number of carbonyl (C=O) groups excluding carboxylic acids is 1. The number of anilines is 1. The minimum Gasteiger partial charge on any atom is -0.489 e. The summed E-state index contributed by atoms with van der Waals surface area (Å²) >= 11 is 6.20. The number of benzene rings is 1. The first-order valence-electron chi connectivity index (χ1n) is 11.2. The lowest BCUT2D eigenvalue weighted by Crippen LogP contribution is -2.47. The maximum Gasteiger partial charge on any atom is 0.235 e. The van der Waals surface area contributed by atoms with E-state index in [1.807, 2.05) is 37.7 Å². The average molecular weight is 477 g/mol. The van der Waals surface area contributed by atoms with Crippen LogP contribution in [-0.4, -0.2) is 67.9 Å². The van der Waals surface area contributed by atoms with Crippen molar-refractivity contribution in [2.45, 2.75) is 42.4 Å². The SMILES string of the molecule is CP(C)(=O)C1(C2N=CC(OCCN3CCC4(CC3)C(=O)Nc3ccc(Cl)cc34)=CN2)CC1. The van der Waals surface area contributed by atoms with Crippen LogP contribution in [0.3, 0.4) is 0 Å². The van der Waals surface area contributed by atoms with Crippen LogP contribution in [0.4, 0.5) is 5.69 Å². The second kappa shape index (κ2) is 7.89. The molecule has 0 aromatic heterocycles. The van der Waals surface area contributed by atoms with Crippen LogP contribution in [0.2, 0.25) is 5.02 Å². The van der Waals surface area contributed by atoms with Gasteiger partial charge in [0.05, 0.1) is 23.9 Å². The summed E-state index contributed by atoms with van der Waals surface area (Å²) in [7, 11) is -2.21. The second-order valence-electron chi connectivity index (χ2n) is 9.76. The van der Waals surface area contributed by atoms with Crippen molar-refractivity contribution in [3.8, 4) is 0 Å². The Balaban J connectivity index is 1.11. The van der Waals surface area contributed by atoms with Crippen LogP contribution in [0.5, 0.6) is 0 Å². The third-order valence-electron chi connectivity index (χ3n) is 7.64. The summed E-state index contributed by atoms with van der Waals surface area (Å²) in [5.41, 5.74) is 1.46. The summed E-state index contributed by atoms with van der Waals surface area (Å²) < 4.78 is 18.5. The van der Waals surface area contributed by atoms with Gasteiger partial charge < -0.3 is 19.9 Å². The van der Waals surface area contributed by atoms with Gasteiger partial charge in [-0.15, -0.1) is 0 Å². The molecule has 2 fully saturated rings. The highest BCUT2D eigenvalue weighted by Crippen LogP contribution is 2.67. The van der Waals surface area contributed by atoms with Crippen molar-refractivity contribution in [1.29, 1.82) is 0 Å². The van der Waals surface area contributed by atoms with Crippen molar-refractivity contribution < 1.29 is 14.1 Å². The normalized spacial score (nSPS) is 25.7. The molecule has 3 aliphatic heterocycles. The Labute approximate surface area is 194 Å². The van der Waals surface area contributed by atoms with Crippen LogP contribution in [0, 0.1) is 0 Å². The minimum absolute atomic E-state index is 0.0898. The highest BCUT2D eigenvalue weighted by atomic mass is 35.5. The Morgan fingerprint density at radius 2 is 2.00 bits per heavy atom. The van der Waals surface area contributed by atoms with E-state index in [0.717, 1.165) is 56.6 Å². The van der Waals surface area contributed by atoms with Crippen LogP contribution in [0.1, 0.15) is 31.2 Å². The van der Waals surface area contributed by atoms with Gasteiger partial charge in [0.25, 0.3) is 0 Å². The third-order valence-corrected chi connectivity index (χ3v) is 10.7. The van der Waals surface area contributed by atoms with Gasteiger partial charge in [-0.1, -0.05) is 11.6 Å². The zero-order chi connectivity index (χ0) is 22.6. The van der Waals surface area contributed by atoms with Crippen LogP contribution < -0.4 is 10.6 Å². The summed E-state index contributed by atoms with van der Waals surface area (Å²) in [6.07, 6.45) is 6.95. The molecule has 9 heteroatoms. The summed E-state index contributed by atoms with van der Waals surface area (Å²) in [6.45, 7) is 6.73. The van der Waals surface area contributed by atoms with Crippen molar-refractivity contribution in [1.82, 2.24) is 10.2 Å². The molecule has 1 unspecified atom stereocenters. The first kappa shape index (κ1) is 22.0. The Kier molecular flexibility index (Phi) is 5.43. The van der Waals surface area contributed by atoms with E-state index in [-0.39, 0.29) is 17.2 Å². The van der Waals surface area contributed by atoms with Gasteiger partial charge in [-0.05, 0) is 75.9 Å². The molecule has 2 N–H and O–H groups in total. The van der Waals surface area contributed by atoms with Gasteiger partial charge in [-0.2, -0.15) is 0 Å². The predicted molar refractivity (Wildman–Crippen MR) is 128 cm³/mol. The molecular formula is C23H30ClN4O3P. The minimum atomic E-state index is -2.21. The van der Waals surface area contributed by atoms with Gasteiger partial charge in [0.2, 0.25) is 5.91 Å². The van der Waals surface area contributed by atoms with Crippen LogP contribution in [-0.2, 0) is 19.5 Å². The molecule has 172 valence electrons. The largest absolute Gasteiger partial charge is 0.489 e. The number of allylic oxidation sites excluding steroid dienone is 1. The third kappa shape index (κ3) is 3.68. The number of nitrogens with one attached hydrogen (secondary N) is 2. The fraction of sp³-hybridized carbons (Fsp3) is 0.565. The Morgan fingerprint density at radius 3 is 2.62 bits per heavy atom. The number of rotatable bonds is 6. The molecule has 5 rings (SSSR count). The number of likely N-dealkylation sites (tertiary alicyclic amines) is 1. The van der Waals surface area contributed by atoms with Crippen LogP contribution >= 0.6 is 18.7 Å². The number of amides is 1. The monoisotopic (exact) mass is 476 g/mol. The molecule has 1 aromatic carbocycles. The van der Waals surface area contributed by atoms with E-state index in [0.29, 0.717) is 17.4 Å². The summed E-state index contributed by atoms with van der Waals surface area (Å²) in [5.74, 6) is 0.790. The van der Waals surface area contributed by atoms with E-state index < -0.39 is 12.6 Å². The molecule has 4 aliphatic rings. The quantitative estimate of drug-likeness (QED) is 0.612. The Hall–Kier alpha value is -1.82. The van der Waals surface area contributed by atoms with Gasteiger partial charge in [0.15, 0.2) is 5.76 Å². The molecule has 3 heterocycles. The van der Waals surface area contributed by atoms with E-state index in [9.17, 15) is 9.36 Å². The Morgan fingerprint density at radius 1 is 1.25 bits per heavy atom. The Bertz CT molecular complexity index is 1040. The molecule has 1 spiro atoms. The fourth-order valence-electron chi connectivity index (χ4n) is 5.33. The number of nitrogens with zero attached hydrogens (tertiary/aromatic N) is 2. The number of hydrogen-bond acceptors (Lipinski definition) is 6. The molecule has 7 nitrogen and oxygen atoms in total. The first-order chi connectivity index (χ1) is 15.2. The van der Waals surface area contributed by atoms with Gasteiger partial charge in [0.1, 0.15) is 12.8 Å². The standard InChI is InChI=1S/C23H30ClN4O3P/c1-32(2,30)23(5-6-23)20-25-14-17(15-26-20)31-12-11-28-9-7-22(8-10-28)18-13-16(24)3-4-19(18)27-21(22)29/h3-4,13-15,20,25H,5-12H2,1-2H3,(H,27,29). The van der Waals surface area contributed by atoms with Crippen molar-refractivity contribution in [2.24, 2.45) is 4.99 Å². The number of aliphatic imine (C=N–C) groups is 1. The van der Waals surface area contributed by atoms with Gasteiger partial charge in [-0.25, -0.2) is 0 Å². The molecule has 1 saturated carbocycles. The van der Waals surface area contributed by atoms with Crippen molar-refractivity contribution in [3.63, 3.8) is 0 Å². The number of ether oxygens (including phenoxy) is 1. The van der Waals surface area contributed by atoms with E-state index in [2.05, 4.69) is 20.5 Å². The molecular weight excluding hydrogens is 447 g/mol. The molecule has 0 radical (unpaired) electrons. The highest BCUT2D eigenvalue weighted by Gasteiger charge is 2.58. The summed E-state index contributed by atoms with van der Waals surface area (Å²) in [4.78, 5) is 19.7. The predicted octanol–water partition coefficient (Wildman–Crippen LogP) is 3.64. The van der Waals surface area contributed by atoms with Gasteiger partial charge >= 0.3 is 0 Å². The van der Waals surface area contributed by atoms with E-state index in [4.69, 9.17) is 16.3 Å². The lowest BCUT2D eigenvalue weighted by Gasteiger charge is -2.38. The smallest absolute Gasteiger partial charge is 0.235 e. The van der Waals surface area contributed by atoms with Crippen molar-refractivity contribution >= 4 is 36.6 Å². The maximum atomic E-state index is 12.8. The molecule has 32 heavy (non-hydrogen) atoms. The number of hydrogen-bond donors (Lipinski definition) is 2. The average Bonchev–Trinajstić information content (AvgIpc) is 3.54. The molecule has 1 amide bonds. The number of carbonyl (C=O) groups is 1. The molecule has 1 aliphatic carbocycles. The second-order valence-corrected chi connectivity index (χ2v) is 13.8. The first-order valence-corrected chi connectivity index (χ1v) is 14.2. The van der Waals surface area contributed by atoms with Crippen LogP contribution in [0.25, 0.3) is 0 Å². The van der Waals surface area contributed by atoms with E-state index in [1.165, 1.54) is 0 Å². The summed E-state index contributed by atoms with van der Waals surface area (Å²) in [6, 6.07) is 5.65. The molecule has 1 atom stereocenters. The van der Waals surface area contributed by atoms with Gasteiger partial charge in [-0.3, -0.25) is 14.7 Å². The number of fused-ring (bicyclic) bond motifs is 2. The van der Waals surface area contributed by atoms with Crippen molar-refractivity contribution in [3.05, 3.63) is 40.7 Å². The zero-order valence-electron chi connectivity index (χ0n) is 18.6. The number of piperidine rings is 1. The van der Waals surface area contributed by atoms with Crippen LogP contribution in [0.15, 0.2) is 35.2 Å². The highest BCUT2D eigenvalue weighted by molar-refractivity contribution is 7.64. The lowest BCUT2D eigenvalue weighted by molar-refractivity contribution is -0.122. The molecule has 0 bridgehead atoms. The maximum absolute atomic E-state index is 12.8. The van der Waals surface area contributed by atoms with E-state index in [1.54, 1.807) is 6.21 Å². The summed E-state index contributed by atoms with van der Waals surface area (Å²) in [5, 5.41) is 6.80. The van der Waals surface area contributed by atoms with E-state index >= 15 is 0 Å². The molecule has 1 saturated heterocycles.